The molecule has 0 fully saturated rings. The molecule has 0 bridgehead atoms. The molecule has 1 N–H and O–H groups in total. The molecule has 9 nitrogen and oxygen atoms in total. The molecule has 1 heterocycles. The number of hydrogen-bond acceptors (Lipinski definition) is 8. The quantitative estimate of drug-likeness (QED) is 0.275. The summed E-state index contributed by atoms with van der Waals surface area (Å²) in [7, 11) is 4.63. The van der Waals surface area contributed by atoms with Gasteiger partial charge in [0.15, 0.2) is 11.0 Å². The van der Waals surface area contributed by atoms with E-state index < -0.39 is 0 Å². The number of rotatable bonds is 10. The Morgan fingerprint density at radius 2 is 1.76 bits per heavy atom. The number of aromatic nitrogens is 3. The first-order valence-corrected chi connectivity index (χ1v) is 11.2. The van der Waals surface area contributed by atoms with Crippen molar-refractivity contribution in [2.24, 2.45) is 5.10 Å². The summed E-state index contributed by atoms with van der Waals surface area (Å²) in [6.07, 6.45) is 1.48. The fourth-order valence-electron chi connectivity index (χ4n) is 3.09. The van der Waals surface area contributed by atoms with Gasteiger partial charge in [-0.05, 0) is 13.8 Å². The molecule has 0 saturated heterocycles. The predicted molar refractivity (Wildman–Crippen MR) is 128 cm³/mol. The van der Waals surface area contributed by atoms with Gasteiger partial charge < -0.3 is 18.8 Å². The highest BCUT2D eigenvalue weighted by atomic mass is 32.2. The van der Waals surface area contributed by atoms with Crippen LogP contribution in [0.15, 0.2) is 46.7 Å². The van der Waals surface area contributed by atoms with Crippen molar-refractivity contribution in [2.75, 3.05) is 27.1 Å². The zero-order chi connectivity index (χ0) is 23.8. The van der Waals surface area contributed by atoms with Gasteiger partial charge in [-0.3, -0.25) is 4.79 Å². The van der Waals surface area contributed by atoms with Crippen molar-refractivity contribution in [3.8, 4) is 28.6 Å². The first-order valence-electron chi connectivity index (χ1n) is 10.3. The fraction of sp³-hybridized carbons (Fsp3) is 0.304. The van der Waals surface area contributed by atoms with Gasteiger partial charge in [0.05, 0.1) is 38.9 Å². The van der Waals surface area contributed by atoms with Gasteiger partial charge in [-0.15, -0.1) is 10.2 Å². The predicted octanol–water partition coefficient (Wildman–Crippen LogP) is 3.54. The van der Waals surface area contributed by atoms with Crippen LogP contribution in [-0.4, -0.2) is 54.0 Å². The number of carbonyl (C=O) groups excluding carboxylic acids is 1. The number of amides is 1. The Balaban J connectivity index is 1.65. The summed E-state index contributed by atoms with van der Waals surface area (Å²) in [4.78, 5) is 12.3. The van der Waals surface area contributed by atoms with E-state index in [-0.39, 0.29) is 11.7 Å². The number of nitrogens with zero attached hydrogens (tertiary/aromatic N) is 4. The third-order valence-corrected chi connectivity index (χ3v) is 5.78. The molecule has 174 valence electrons. The van der Waals surface area contributed by atoms with Gasteiger partial charge in [0.25, 0.3) is 5.91 Å². The monoisotopic (exact) mass is 469 g/mol. The second-order valence-electron chi connectivity index (χ2n) is 6.94. The number of thioether (sulfide) groups is 1. The van der Waals surface area contributed by atoms with Crippen molar-refractivity contribution in [3.05, 3.63) is 47.5 Å². The minimum Gasteiger partial charge on any atom is -0.496 e. The number of ether oxygens (including phenoxy) is 3. The minimum atomic E-state index is -0.273. The number of hydrogen-bond donors (Lipinski definition) is 1. The molecule has 3 rings (SSSR count). The average Bonchev–Trinajstić information content (AvgIpc) is 3.25. The normalized spacial score (nSPS) is 10.9. The van der Waals surface area contributed by atoms with E-state index in [1.54, 1.807) is 19.2 Å². The highest BCUT2D eigenvalue weighted by Crippen LogP contribution is 2.32. The van der Waals surface area contributed by atoms with Crippen LogP contribution in [0.3, 0.4) is 0 Å². The van der Waals surface area contributed by atoms with Crippen molar-refractivity contribution in [1.82, 2.24) is 20.2 Å². The standard InChI is InChI=1S/C23H27N5O4S/c1-6-28-22(16-9-7-15(2)8-10-16)26-27-23(28)33-14-21(29)25-24-13-18-19(31-4)11-17(30-3)12-20(18)32-5/h7-13H,6,14H2,1-5H3,(H,25,29)/b24-13-. The number of nitrogens with one attached hydrogen (secondary N) is 1. The Bertz CT molecular complexity index is 1100. The summed E-state index contributed by atoms with van der Waals surface area (Å²) in [5.41, 5.74) is 5.27. The number of aryl methyl sites for hydroxylation is 1. The average molecular weight is 470 g/mol. The lowest BCUT2D eigenvalue weighted by atomic mass is 10.1. The van der Waals surface area contributed by atoms with Crippen LogP contribution in [-0.2, 0) is 11.3 Å². The van der Waals surface area contributed by atoms with Gasteiger partial charge in [0.1, 0.15) is 17.2 Å². The lowest BCUT2D eigenvalue weighted by Gasteiger charge is -2.12. The van der Waals surface area contributed by atoms with Crippen molar-refractivity contribution < 1.29 is 19.0 Å². The highest BCUT2D eigenvalue weighted by molar-refractivity contribution is 7.99. The Labute approximate surface area is 197 Å². The maximum atomic E-state index is 12.3. The number of carbonyl (C=O) groups is 1. The molecule has 0 saturated carbocycles. The van der Waals surface area contributed by atoms with E-state index in [9.17, 15) is 4.79 Å². The Kier molecular flexibility index (Phi) is 8.31. The first-order chi connectivity index (χ1) is 16.0. The smallest absolute Gasteiger partial charge is 0.250 e. The Morgan fingerprint density at radius 1 is 1.09 bits per heavy atom. The largest absolute Gasteiger partial charge is 0.496 e. The van der Waals surface area contributed by atoms with Crippen LogP contribution in [0.25, 0.3) is 11.4 Å². The van der Waals surface area contributed by atoms with Gasteiger partial charge in [-0.25, -0.2) is 5.43 Å². The Hall–Kier alpha value is -3.53. The van der Waals surface area contributed by atoms with Crippen molar-refractivity contribution in [3.63, 3.8) is 0 Å². The van der Waals surface area contributed by atoms with E-state index in [0.29, 0.717) is 34.5 Å². The molecule has 0 atom stereocenters. The van der Waals surface area contributed by atoms with Crippen molar-refractivity contribution in [2.45, 2.75) is 25.5 Å². The maximum Gasteiger partial charge on any atom is 0.250 e. The zero-order valence-electron chi connectivity index (χ0n) is 19.3. The van der Waals surface area contributed by atoms with Gasteiger partial charge in [0, 0.05) is 24.2 Å². The minimum absolute atomic E-state index is 0.139. The summed E-state index contributed by atoms with van der Waals surface area (Å²) in [5.74, 6) is 2.26. The lowest BCUT2D eigenvalue weighted by Crippen LogP contribution is -2.20. The van der Waals surface area contributed by atoms with Crippen molar-refractivity contribution in [1.29, 1.82) is 0 Å². The van der Waals surface area contributed by atoms with Crippen LogP contribution in [0, 0.1) is 6.92 Å². The van der Waals surface area contributed by atoms with Crippen LogP contribution in [0.5, 0.6) is 17.2 Å². The topological polar surface area (TPSA) is 99.9 Å². The van der Waals surface area contributed by atoms with E-state index in [1.807, 2.05) is 42.7 Å². The summed E-state index contributed by atoms with van der Waals surface area (Å²) >= 11 is 1.30. The molecule has 0 spiro atoms. The molecular formula is C23H27N5O4S. The molecule has 0 radical (unpaired) electrons. The highest BCUT2D eigenvalue weighted by Gasteiger charge is 2.15. The second kappa shape index (κ2) is 11.4. The van der Waals surface area contributed by atoms with Gasteiger partial charge in [-0.2, -0.15) is 5.10 Å². The van der Waals surface area contributed by atoms with E-state index >= 15 is 0 Å². The van der Waals surface area contributed by atoms with Crippen LogP contribution in [0.4, 0.5) is 0 Å². The maximum absolute atomic E-state index is 12.3. The van der Waals surface area contributed by atoms with E-state index in [2.05, 4.69) is 20.7 Å². The molecule has 10 heteroatoms. The molecule has 33 heavy (non-hydrogen) atoms. The first kappa shape index (κ1) is 24.1. The number of methoxy groups -OCH3 is 3. The molecular weight excluding hydrogens is 442 g/mol. The number of hydrazone groups is 1. The second-order valence-corrected chi connectivity index (χ2v) is 7.89. The third-order valence-electron chi connectivity index (χ3n) is 4.81. The molecule has 0 aliphatic heterocycles. The van der Waals surface area contributed by atoms with Gasteiger partial charge >= 0.3 is 0 Å². The molecule has 3 aromatic rings. The van der Waals surface area contributed by atoms with E-state index in [4.69, 9.17) is 14.2 Å². The van der Waals surface area contributed by atoms with Crippen LogP contribution in [0.1, 0.15) is 18.1 Å². The Morgan fingerprint density at radius 3 is 2.33 bits per heavy atom. The van der Waals surface area contributed by atoms with Crippen LogP contribution < -0.4 is 19.6 Å². The lowest BCUT2D eigenvalue weighted by molar-refractivity contribution is -0.118. The summed E-state index contributed by atoms with van der Waals surface area (Å²) < 4.78 is 18.0. The molecule has 1 amide bonds. The SMILES string of the molecule is CCn1c(SCC(=O)N/N=C\c2c(OC)cc(OC)cc2OC)nnc1-c1ccc(C)cc1. The van der Waals surface area contributed by atoms with Gasteiger partial charge in [-0.1, -0.05) is 41.6 Å². The molecule has 2 aromatic carbocycles. The summed E-state index contributed by atoms with van der Waals surface area (Å²) in [6, 6.07) is 11.5. The van der Waals surface area contributed by atoms with Gasteiger partial charge in [0.2, 0.25) is 0 Å². The molecule has 0 unspecified atom stereocenters. The molecule has 0 aliphatic rings. The van der Waals surface area contributed by atoms with Crippen LogP contribution in [0.2, 0.25) is 0 Å². The molecule has 0 aliphatic carbocycles. The summed E-state index contributed by atoms with van der Waals surface area (Å²) in [5, 5.41) is 13.3. The number of benzene rings is 2. The summed E-state index contributed by atoms with van der Waals surface area (Å²) in [6.45, 7) is 4.75. The third kappa shape index (κ3) is 5.83. The van der Waals surface area contributed by atoms with Crippen molar-refractivity contribution >= 4 is 23.9 Å². The fourth-order valence-corrected chi connectivity index (χ4v) is 3.88. The zero-order valence-corrected chi connectivity index (χ0v) is 20.1. The van der Waals surface area contributed by atoms with E-state index in [0.717, 1.165) is 11.4 Å². The van der Waals surface area contributed by atoms with E-state index in [1.165, 1.54) is 37.8 Å². The van der Waals surface area contributed by atoms with Crippen LogP contribution >= 0.6 is 11.8 Å². The molecule has 1 aromatic heterocycles.